The lowest BCUT2D eigenvalue weighted by molar-refractivity contribution is 0.297. The quantitative estimate of drug-likeness (QED) is 0.885. The molecule has 1 N–H and O–H groups in total. The summed E-state index contributed by atoms with van der Waals surface area (Å²) in [5.74, 6) is -0.233. The molecule has 1 unspecified atom stereocenters. The predicted molar refractivity (Wildman–Crippen MR) is 73.4 cm³/mol. The molecule has 1 fully saturated rings. The van der Waals surface area contributed by atoms with E-state index in [9.17, 15) is 4.39 Å². The van der Waals surface area contributed by atoms with E-state index in [-0.39, 0.29) is 5.82 Å². The molecule has 18 heavy (non-hydrogen) atoms. The van der Waals surface area contributed by atoms with Crippen LogP contribution in [0.5, 0.6) is 0 Å². The van der Waals surface area contributed by atoms with Gasteiger partial charge in [-0.25, -0.2) is 4.39 Å². The van der Waals surface area contributed by atoms with Crippen LogP contribution >= 0.6 is 11.6 Å². The summed E-state index contributed by atoms with van der Waals surface area (Å²) in [5, 5.41) is 3.84. The molecule has 1 saturated heterocycles. The van der Waals surface area contributed by atoms with Crippen LogP contribution in [-0.4, -0.2) is 30.6 Å². The zero-order valence-corrected chi connectivity index (χ0v) is 11.5. The van der Waals surface area contributed by atoms with Crippen molar-refractivity contribution in [3.63, 3.8) is 0 Å². The van der Waals surface area contributed by atoms with Crippen molar-refractivity contribution in [3.8, 4) is 0 Å². The molecule has 0 spiro atoms. The third kappa shape index (κ3) is 3.67. The van der Waals surface area contributed by atoms with Crippen molar-refractivity contribution in [1.29, 1.82) is 0 Å². The van der Waals surface area contributed by atoms with Gasteiger partial charge in [0.2, 0.25) is 0 Å². The number of rotatable bonds is 5. The molecule has 1 aromatic rings. The van der Waals surface area contributed by atoms with Gasteiger partial charge in [0.25, 0.3) is 0 Å². The van der Waals surface area contributed by atoms with Gasteiger partial charge in [-0.15, -0.1) is 0 Å². The number of benzene rings is 1. The van der Waals surface area contributed by atoms with E-state index in [2.05, 4.69) is 17.1 Å². The number of hydrogen-bond donors (Lipinski definition) is 1. The summed E-state index contributed by atoms with van der Waals surface area (Å²) in [5.41, 5.74) is 0.562. The van der Waals surface area contributed by atoms with Crippen LogP contribution in [0.4, 0.5) is 4.39 Å². The minimum absolute atomic E-state index is 0.233. The largest absolute Gasteiger partial charge is 0.309 e. The summed E-state index contributed by atoms with van der Waals surface area (Å²) >= 11 is 5.99. The van der Waals surface area contributed by atoms with E-state index in [1.54, 1.807) is 12.1 Å². The molecule has 1 aliphatic rings. The van der Waals surface area contributed by atoms with Gasteiger partial charge in [0.1, 0.15) is 5.82 Å². The minimum Gasteiger partial charge on any atom is -0.309 e. The van der Waals surface area contributed by atoms with Crippen LogP contribution < -0.4 is 5.32 Å². The van der Waals surface area contributed by atoms with Crippen LogP contribution in [-0.2, 0) is 6.54 Å². The first kappa shape index (κ1) is 13.8. The lowest BCUT2D eigenvalue weighted by atomic mass is 10.2. The molecule has 4 heteroatoms. The van der Waals surface area contributed by atoms with E-state index in [4.69, 9.17) is 11.6 Å². The monoisotopic (exact) mass is 270 g/mol. The van der Waals surface area contributed by atoms with Crippen LogP contribution in [0.1, 0.15) is 25.3 Å². The van der Waals surface area contributed by atoms with Gasteiger partial charge in [0.05, 0.1) is 0 Å². The summed E-state index contributed by atoms with van der Waals surface area (Å²) in [6.45, 7) is 6.01. The lowest BCUT2D eigenvalue weighted by Crippen LogP contribution is -2.37. The lowest BCUT2D eigenvalue weighted by Gasteiger charge is -2.21. The first-order valence-corrected chi connectivity index (χ1v) is 6.93. The SMILES string of the molecule is CC(CN1CCCC1)NCc1c(F)cccc1Cl. The number of nitrogens with one attached hydrogen (secondary N) is 1. The fourth-order valence-corrected chi connectivity index (χ4v) is 2.62. The van der Waals surface area contributed by atoms with E-state index >= 15 is 0 Å². The van der Waals surface area contributed by atoms with Crippen LogP contribution in [0.15, 0.2) is 18.2 Å². The average Bonchev–Trinajstić information content (AvgIpc) is 2.81. The highest BCUT2D eigenvalue weighted by Gasteiger charge is 2.15. The van der Waals surface area contributed by atoms with Crippen LogP contribution in [0, 0.1) is 5.82 Å². The van der Waals surface area contributed by atoms with Crippen LogP contribution in [0.2, 0.25) is 5.02 Å². The molecule has 1 aromatic carbocycles. The van der Waals surface area contributed by atoms with E-state index in [1.165, 1.54) is 32.0 Å². The van der Waals surface area contributed by atoms with Crippen LogP contribution in [0.3, 0.4) is 0 Å². The number of likely N-dealkylation sites (tertiary alicyclic amines) is 1. The second-order valence-electron chi connectivity index (χ2n) is 4.99. The molecule has 0 amide bonds. The van der Waals surface area contributed by atoms with E-state index in [0.717, 1.165) is 6.54 Å². The van der Waals surface area contributed by atoms with Gasteiger partial charge in [-0.05, 0) is 45.0 Å². The molecule has 0 radical (unpaired) electrons. The maximum absolute atomic E-state index is 13.6. The van der Waals surface area contributed by atoms with Gasteiger partial charge < -0.3 is 10.2 Å². The van der Waals surface area contributed by atoms with E-state index in [0.29, 0.717) is 23.2 Å². The van der Waals surface area contributed by atoms with E-state index in [1.807, 2.05) is 0 Å². The van der Waals surface area contributed by atoms with Gasteiger partial charge >= 0.3 is 0 Å². The number of halogens is 2. The number of nitrogens with zero attached hydrogens (tertiary/aromatic N) is 1. The molecular weight excluding hydrogens is 251 g/mol. The second kappa shape index (κ2) is 6.50. The van der Waals surface area contributed by atoms with Gasteiger partial charge in [0.15, 0.2) is 0 Å². The Morgan fingerprint density at radius 3 is 2.78 bits per heavy atom. The Morgan fingerprint density at radius 2 is 2.11 bits per heavy atom. The Balaban J connectivity index is 1.83. The van der Waals surface area contributed by atoms with Gasteiger partial charge in [0, 0.05) is 29.7 Å². The van der Waals surface area contributed by atoms with Gasteiger partial charge in [-0.1, -0.05) is 17.7 Å². The zero-order chi connectivity index (χ0) is 13.0. The highest BCUT2D eigenvalue weighted by atomic mass is 35.5. The smallest absolute Gasteiger partial charge is 0.129 e. The average molecular weight is 271 g/mol. The molecule has 0 saturated carbocycles. The molecular formula is C14H20ClFN2. The van der Waals surface area contributed by atoms with Crippen molar-refractivity contribution in [2.45, 2.75) is 32.4 Å². The summed E-state index contributed by atoms with van der Waals surface area (Å²) < 4.78 is 13.6. The molecule has 0 aromatic heterocycles. The Bertz CT molecular complexity index is 371. The Morgan fingerprint density at radius 1 is 1.39 bits per heavy atom. The van der Waals surface area contributed by atoms with Crippen molar-refractivity contribution >= 4 is 11.6 Å². The third-order valence-electron chi connectivity index (χ3n) is 3.42. The summed E-state index contributed by atoms with van der Waals surface area (Å²) in [6.07, 6.45) is 2.59. The van der Waals surface area contributed by atoms with Crippen molar-refractivity contribution in [2.75, 3.05) is 19.6 Å². The summed E-state index contributed by atoms with van der Waals surface area (Å²) in [7, 11) is 0. The highest BCUT2D eigenvalue weighted by molar-refractivity contribution is 6.31. The van der Waals surface area contributed by atoms with Crippen molar-refractivity contribution in [2.24, 2.45) is 0 Å². The highest BCUT2D eigenvalue weighted by Crippen LogP contribution is 2.18. The normalized spacial score (nSPS) is 18.2. The molecule has 100 valence electrons. The Kier molecular flexibility index (Phi) is 4.98. The molecule has 0 bridgehead atoms. The standard InChI is InChI=1S/C14H20ClFN2/c1-11(10-18-7-2-3-8-18)17-9-12-13(15)5-4-6-14(12)16/h4-6,11,17H,2-3,7-10H2,1H3. The first-order valence-electron chi connectivity index (χ1n) is 6.55. The maximum Gasteiger partial charge on any atom is 0.129 e. The van der Waals surface area contributed by atoms with Crippen LogP contribution in [0.25, 0.3) is 0 Å². The fourth-order valence-electron chi connectivity index (χ4n) is 2.39. The molecule has 1 heterocycles. The first-order chi connectivity index (χ1) is 8.66. The van der Waals surface area contributed by atoms with E-state index < -0.39 is 0 Å². The van der Waals surface area contributed by atoms with Crippen molar-refractivity contribution in [3.05, 3.63) is 34.6 Å². The molecule has 2 nitrogen and oxygen atoms in total. The minimum atomic E-state index is -0.233. The Labute approximate surface area is 113 Å². The van der Waals surface area contributed by atoms with Crippen molar-refractivity contribution < 1.29 is 4.39 Å². The Hall–Kier alpha value is -0.640. The maximum atomic E-state index is 13.6. The topological polar surface area (TPSA) is 15.3 Å². The third-order valence-corrected chi connectivity index (χ3v) is 3.77. The van der Waals surface area contributed by atoms with Crippen molar-refractivity contribution in [1.82, 2.24) is 10.2 Å². The molecule has 1 atom stereocenters. The zero-order valence-electron chi connectivity index (χ0n) is 10.8. The van der Waals surface area contributed by atoms with Gasteiger partial charge in [-0.3, -0.25) is 0 Å². The second-order valence-corrected chi connectivity index (χ2v) is 5.40. The summed E-state index contributed by atoms with van der Waals surface area (Å²) in [6, 6.07) is 5.16. The molecule has 1 aliphatic heterocycles. The number of hydrogen-bond acceptors (Lipinski definition) is 2. The molecule has 2 rings (SSSR count). The predicted octanol–water partition coefficient (Wildman–Crippen LogP) is 3.05. The van der Waals surface area contributed by atoms with Gasteiger partial charge in [-0.2, -0.15) is 0 Å². The fraction of sp³-hybridized carbons (Fsp3) is 0.571. The summed E-state index contributed by atoms with van der Waals surface area (Å²) in [4.78, 5) is 2.45. The molecule has 0 aliphatic carbocycles.